The lowest BCUT2D eigenvalue weighted by Crippen LogP contribution is -2.04. The Labute approximate surface area is 110 Å². The van der Waals surface area contributed by atoms with Gasteiger partial charge in [-0.05, 0) is 29.7 Å². The molecule has 0 saturated carbocycles. The summed E-state index contributed by atoms with van der Waals surface area (Å²) in [6.07, 6.45) is 0.927. The third-order valence-corrected chi connectivity index (χ3v) is 3.69. The van der Waals surface area contributed by atoms with Crippen LogP contribution in [-0.2, 0) is 10.9 Å². The fraction of sp³-hybridized carbons (Fsp3) is 0.200. The summed E-state index contributed by atoms with van der Waals surface area (Å²) >= 11 is 0. The van der Waals surface area contributed by atoms with E-state index in [0.717, 1.165) is 12.2 Å². The zero-order valence-electron chi connectivity index (χ0n) is 10.6. The van der Waals surface area contributed by atoms with Gasteiger partial charge in [-0.2, -0.15) is 0 Å². The SMILES string of the molecule is COPc1ccccc1Cc1ccc(OC)cc1. The molecule has 0 bridgehead atoms. The van der Waals surface area contributed by atoms with Crippen molar-refractivity contribution >= 4 is 14.1 Å². The second-order valence-electron chi connectivity index (χ2n) is 3.99. The molecule has 0 fully saturated rings. The number of rotatable bonds is 5. The Morgan fingerprint density at radius 2 is 1.67 bits per heavy atom. The smallest absolute Gasteiger partial charge is 0.118 e. The van der Waals surface area contributed by atoms with Gasteiger partial charge in [-0.25, -0.2) is 0 Å². The molecule has 0 aliphatic rings. The van der Waals surface area contributed by atoms with Crippen LogP contribution in [0.5, 0.6) is 5.75 Å². The van der Waals surface area contributed by atoms with E-state index in [1.165, 1.54) is 16.4 Å². The maximum Gasteiger partial charge on any atom is 0.118 e. The Morgan fingerprint density at radius 3 is 2.33 bits per heavy atom. The van der Waals surface area contributed by atoms with Gasteiger partial charge in [0.15, 0.2) is 0 Å². The fourth-order valence-electron chi connectivity index (χ4n) is 1.85. The number of benzene rings is 2. The largest absolute Gasteiger partial charge is 0.497 e. The first kappa shape index (κ1) is 13.1. The zero-order chi connectivity index (χ0) is 12.8. The van der Waals surface area contributed by atoms with Gasteiger partial charge in [-0.3, -0.25) is 0 Å². The van der Waals surface area contributed by atoms with E-state index >= 15 is 0 Å². The highest BCUT2D eigenvalue weighted by Gasteiger charge is 2.03. The van der Waals surface area contributed by atoms with Crippen LogP contribution in [0.25, 0.3) is 0 Å². The molecule has 0 N–H and O–H groups in total. The topological polar surface area (TPSA) is 18.5 Å². The van der Waals surface area contributed by atoms with E-state index in [1.54, 1.807) is 14.2 Å². The van der Waals surface area contributed by atoms with Crippen molar-refractivity contribution in [3.05, 3.63) is 59.7 Å². The minimum atomic E-state index is 0.411. The van der Waals surface area contributed by atoms with Crippen molar-refractivity contribution in [1.82, 2.24) is 0 Å². The summed E-state index contributed by atoms with van der Waals surface area (Å²) in [5.74, 6) is 0.894. The summed E-state index contributed by atoms with van der Waals surface area (Å²) in [6, 6.07) is 16.6. The van der Waals surface area contributed by atoms with E-state index in [-0.39, 0.29) is 0 Å². The van der Waals surface area contributed by atoms with Crippen molar-refractivity contribution in [2.75, 3.05) is 14.2 Å². The molecule has 2 aromatic rings. The average molecular weight is 260 g/mol. The van der Waals surface area contributed by atoms with Gasteiger partial charge in [0.25, 0.3) is 0 Å². The maximum absolute atomic E-state index is 5.25. The van der Waals surface area contributed by atoms with E-state index in [0.29, 0.717) is 8.81 Å². The van der Waals surface area contributed by atoms with Crippen LogP contribution in [0.4, 0.5) is 0 Å². The minimum absolute atomic E-state index is 0.411. The Balaban J connectivity index is 2.17. The molecule has 0 aliphatic heterocycles. The van der Waals surface area contributed by atoms with Crippen LogP contribution in [0.15, 0.2) is 48.5 Å². The molecule has 0 saturated heterocycles. The standard InChI is InChI=1S/C15H17O2P/c1-16-14-9-7-12(8-10-14)11-13-5-3-4-6-15(13)18-17-2/h3-10,18H,11H2,1-2H3. The number of hydrogen-bond acceptors (Lipinski definition) is 2. The molecule has 2 nitrogen and oxygen atoms in total. The molecule has 2 rings (SSSR count). The van der Waals surface area contributed by atoms with Gasteiger partial charge < -0.3 is 9.26 Å². The summed E-state index contributed by atoms with van der Waals surface area (Å²) in [5, 5.41) is 1.27. The van der Waals surface area contributed by atoms with Crippen molar-refractivity contribution in [3.63, 3.8) is 0 Å². The monoisotopic (exact) mass is 260 g/mol. The molecular weight excluding hydrogens is 243 g/mol. The number of methoxy groups -OCH3 is 1. The Morgan fingerprint density at radius 1 is 0.944 bits per heavy atom. The molecule has 0 aliphatic carbocycles. The maximum atomic E-state index is 5.25. The lowest BCUT2D eigenvalue weighted by molar-refractivity contribution is 0.414. The Hall–Kier alpha value is -1.37. The van der Waals surface area contributed by atoms with Crippen LogP contribution < -0.4 is 10.0 Å². The molecule has 94 valence electrons. The minimum Gasteiger partial charge on any atom is -0.497 e. The van der Waals surface area contributed by atoms with Crippen molar-refractivity contribution in [1.29, 1.82) is 0 Å². The molecule has 0 amide bonds. The third-order valence-electron chi connectivity index (χ3n) is 2.78. The normalized spacial score (nSPS) is 11.0. The molecule has 0 aromatic heterocycles. The fourth-order valence-corrected chi connectivity index (χ4v) is 2.53. The van der Waals surface area contributed by atoms with Crippen LogP contribution in [0.3, 0.4) is 0 Å². The first-order valence-corrected chi connectivity index (χ1v) is 6.74. The van der Waals surface area contributed by atoms with Gasteiger partial charge in [0.05, 0.1) is 7.11 Å². The summed E-state index contributed by atoms with van der Waals surface area (Å²) in [7, 11) is 3.83. The predicted octanol–water partition coefficient (Wildman–Crippen LogP) is 3.15. The Kier molecular flexibility index (Phi) is 4.74. The molecular formula is C15H17O2P. The summed E-state index contributed by atoms with van der Waals surface area (Å²) in [4.78, 5) is 0. The highest BCUT2D eigenvalue weighted by atomic mass is 31.1. The van der Waals surface area contributed by atoms with Crippen molar-refractivity contribution in [3.8, 4) is 5.75 Å². The van der Waals surface area contributed by atoms with Gasteiger partial charge in [0.1, 0.15) is 5.75 Å². The molecule has 0 spiro atoms. The van der Waals surface area contributed by atoms with Gasteiger partial charge in [0.2, 0.25) is 0 Å². The average Bonchev–Trinajstić information content (AvgIpc) is 2.42. The van der Waals surface area contributed by atoms with Crippen molar-refractivity contribution < 1.29 is 9.26 Å². The van der Waals surface area contributed by atoms with Gasteiger partial charge in [0, 0.05) is 21.2 Å². The summed E-state index contributed by atoms with van der Waals surface area (Å²) in [5.41, 5.74) is 2.60. The zero-order valence-corrected chi connectivity index (χ0v) is 11.6. The number of ether oxygens (including phenoxy) is 1. The van der Waals surface area contributed by atoms with Gasteiger partial charge >= 0.3 is 0 Å². The molecule has 1 atom stereocenters. The van der Waals surface area contributed by atoms with Crippen molar-refractivity contribution in [2.45, 2.75) is 6.42 Å². The van der Waals surface area contributed by atoms with E-state index in [1.807, 2.05) is 12.1 Å². The molecule has 3 heteroatoms. The van der Waals surface area contributed by atoms with Crippen LogP contribution >= 0.6 is 8.81 Å². The molecule has 18 heavy (non-hydrogen) atoms. The van der Waals surface area contributed by atoms with E-state index in [9.17, 15) is 0 Å². The molecule has 0 radical (unpaired) electrons. The highest BCUT2D eigenvalue weighted by molar-refractivity contribution is 7.42. The van der Waals surface area contributed by atoms with Gasteiger partial charge in [-0.1, -0.05) is 36.4 Å². The highest BCUT2D eigenvalue weighted by Crippen LogP contribution is 2.18. The summed E-state index contributed by atoms with van der Waals surface area (Å²) < 4.78 is 10.4. The number of hydrogen-bond donors (Lipinski definition) is 0. The second kappa shape index (κ2) is 6.53. The van der Waals surface area contributed by atoms with Crippen LogP contribution in [0.1, 0.15) is 11.1 Å². The molecule has 2 aromatic carbocycles. The molecule has 1 unspecified atom stereocenters. The summed E-state index contributed by atoms with van der Waals surface area (Å²) in [6.45, 7) is 0. The lowest BCUT2D eigenvalue weighted by Gasteiger charge is -2.09. The van der Waals surface area contributed by atoms with Gasteiger partial charge in [-0.15, -0.1) is 0 Å². The van der Waals surface area contributed by atoms with E-state index in [4.69, 9.17) is 9.26 Å². The predicted molar refractivity (Wildman–Crippen MR) is 77.2 cm³/mol. The lowest BCUT2D eigenvalue weighted by atomic mass is 10.1. The molecule has 0 heterocycles. The van der Waals surface area contributed by atoms with Crippen LogP contribution in [0.2, 0.25) is 0 Å². The Bertz CT molecular complexity index is 494. The van der Waals surface area contributed by atoms with Crippen molar-refractivity contribution in [2.24, 2.45) is 0 Å². The second-order valence-corrected chi connectivity index (χ2v) is 5.14. The van der Waals surface area contributed by atoms with E-state index in [2.05, 4.69) is 36.4 Å². The quantitative estimate of drug-likeness (QED) is 0.769. The first-order valence-electron chi connectivity index (χ1n) is 5.83. The van der Waals surface area contributed by atoms with E-state index < -0.39 is 0 Å². The van der Waals surface area contributed by atoms with Crippen LogP contribution in [0, 0.1) is 0 Å². The first-order chi connectivity index (χ1) is 8.83. The third kappa shape index (κ3) is 3.32. The van der Waals surface area contributed by atoms with Crippen LogP contribution in [-0.4, -0.2) is 14.2 Å².